The second kappa shape index (κ2) is 10.6. The highest BCUT2D eigenvalue weighted by Gasteiger charge is 2.32. The summed E-state index contributed by atoms with van der Waals surface area (Å²) in [6.45, 7) is 0.0987. The van der Waals surface area contributed by atoms with Crippen LogP contribution in [0.15, 0.2) is 82.2 Å². The number of nitrogens with zero attached hydrogens (tertiary/aromatic N) is 2. The smallest absolute Gasteiger partial charge is 0.331 e. The normalized spacial score (nSPS) is 13.1. The van der Waals surface area contributed by atoms with Crippen LogP contribution in [0.2, 0.25) is 0 Å². The van der Waals surface area contributed by atoms with Crippen molar-refractivity contribution < 1.29 is 27.5 Å². The molecule has 4 rings (SSSR count). The van der Waals surface area contributed by atoms with Crippen molar-refractivity contribution in [3.63, 3.8) is 0 Å². The van der Waals surface area contributed by atoms with E-state index in [9.17, 15) is 18.0 Å². The molecule has 0 radical (unpaired) electrons. The number of carbonyl (C=O) groups excluding carboxylic acids is 2. The van der Waals surface area contributed by atoms with Crippen LogP contribution in [-0.2, 0) is 21.2 Å². The van der Waals surface area contributed by atoms with Gasteiger partial charge in [0.25, 0.3) is 10.0 Å². The van der Waals surface area contributed by atoms with Gasteiger partial charge in [0.2, 0.25) is 12.7 Å². The lowest BCUT2D eigenvalue weighted by atomic mass is 10.0. The van der Waals surface area contributed by atoms with E-state index in [1.165, 1.54) is 11.0 Å². The summed E-state index contributed by atoms with van der Waals surface area (Å²) in [6.07, 6.45) is 0.156. The summed E-state index contributed by atoms with van der Waals surface area (Å²) in [5, 5.41) is 2.61. The van der Waals surface area contributed by atoms with Gasteiger partial charge >= 0.3 is 6.03 Å². The van der Waals surface area contributed by atoms with E-state index < -0.39 is 28.0 Å². The fourth-order valence-electron chi connectivity index (χ4n) is 3.66. The van der Waals surface area contributed by atoms with Crippen molar-refractivity contribution in [3.8, 4) is 11.5 Å². The molecule has 0 fully saturated rings. The van der Waals surface area contributed by atoms with Crippen molar-refractivity contribution in [1.29, 1.82) is 0 Å². The molecule has 0 saturated carbocycles. The maximum Gasteiger partial charge on any atom is 0.331 e. The second-order valence-electron chi connectivity index (χ2n) is 8.03. The first-order chi connectivity index (χ1) is 17.2. The van der Waals surface area contributed by atoms with Gasteiger partial charge in [0.15, 0.2) is 11.5 Å². The summed E-state index contributed by atoms with van der Waals surface area (Å²) in [5.74, 6) is 0.653. The van der Waals surface area contributed by atoms with Gasteiger partial charge in [0.05, 0.1) is 0 Å². The lowest BCUT2D eigenvalue weighted by Crippen LogP contribution is -2.53. The van der Waals surface area contributed by atoms with Crippen molar-refractivity contribution in [2.75, 3.05) is 25.8 Å². The molecule has 11 heteroatoms. The third kappa shape index (κ3) is 5.31. The van der Waals surface area contributed by atoms with Gasteiger partial charge in [-0.1, -0.05) is 42.5 Å². The van der Waals surface area contributed by atoms with Crippen molar-refractivity contribution in [3.05, 3.63) is 82.8 Å². The predicted octanol–water partition coefficient (Wildman–Crippen LogP) is 3.78. The molecule has 9 nitrogen and oxygen atoms in total. The van der Waals surface area contributed by atoms with E-state index >= 15 is 0 Å². The molecule has 36 heavy (non-hydrogen) atoms. The summed E-state index contributed by atoms with van der Waals surface area (Å²) in [4.78, 5) is 28.0. The molecule has 1 heterocycles. The van der Waals surface area contributed by atoms with Crippen LogP contribution in [-0.4, -0.2) is 51.6 Å². The van der Waals surface area contributed by atoms with Crippen molar-refractivity contribution >= 4 is 43.6 Å². The lowest BCUT2D eigenvalue weighted by Gasteiger charge is -2.27. The highest BCUT2D eigenvalue weighted by atomic mass is 79.9. The van der Waals surface area contributed by atoms with Crippen LogP contribution in [0.5, 0.6) is 11.5 Å². The van der Waals surface area contributed by atoms with Crippen LogP contribution >= 0.6 is 15.9 Å². The Hall–Kier alpha value is -3.57. The zero-order chi connectivity index (χ0) is 25.9. The lowest BCUT2D eigenvalue weighted by molar-refractivity contribution is -0.120. The number of urea groups is 1. The Bertz CT molecular complexity index is 1380. The zero-order valence-corrected chi connectivity index (χ0v) is 22.0. The number of ether oxygens (including phenoxy) is 2. The first kappa shape index (κ1) is 25.5. The molecule has 1 aliphatic heterocycles. The van der Waals surface area contributed by atoms with Crippen molar-refractivity contribution in [2.45, 2.75) is 17.4 Å². The Morgan fingerprint density at radius 1 is 0.972 bits per heavy atom. The molecular formula is C25H24BrN3O6S. The molecule has 1 atom stereocenters. The predicted molar refractivity (Wildman–Crippen MR) is 138 cm³/mol. The molecule has 0 aliphatic carbocycles. The van der Waals surface area contributed by atoms with E-state index in [2.05, 4.69) is 21.2 Å². The quantitative estimate of drug-likeness (QED) is 0.461. The summed E-state index contributed by atoms with van der Waals surface area (Å²) < 4.78 is 37.8. The molecule has 1 aliphatic rings. The number of fused-ring (bicyclic) bond motifs is 1. The van der Waals surface area contributed by atoms with E-state index in [1.807, 2.05) is 30.3 Å². The fraction of sp³-hybridized carbons (Fsp3) is 0.200. The highest BCUT2D eigenvalue weighted by molar-refractivity contribution is 9.10. The average Bonchev–Trinajstić information content (AvgIpc) is 3.35. The minimum absolute atomic E-state index is 0.0638. The van der Waals surface area contributed by atoms with Gasteiger partial charge < -0.3 is 19.7 Å². The number of rotatable bonds is 7. The molecule has 3 amide bonds. The van der Waals surface area contributed by atoms with Gasteiger partial charge in [0.1, 0.15) is 10.9 Å². The number of amides is 3. The van der Waals surface area contributed by atoms with Crippen molar-refractivity contribution in [1.82, 2.24) is 9.62 Å². The number of nitrogens with one attached hydrogen (secondary N) is 1. The molecular weight excluding hydrogens is 550 g/mol. The van der Waals surface area contributed by atoms with Crippen LogP contribution in [0.4, 0.5) is 10.5 Å². The molecule has 188 valence electrons. The number of anilines is 1. The summed E-state index contributed by atoms with van der Waals surface area (Å²) in [5.41, 5.74) is 1.33. The van der Waals surface area contributed by atoms with Gasteiger partial charge in [-0.25, -0.2) is 17.5 Å². The topological polar surface area (TPSA) is 105 Å². The molecule has 0 aromatic heterocycles. The van der Waals surface area contributed by atoms with Crippen molar-refractivity contribution in [2.24, 2.45) is 0 Å². The van der Waals surface area contributed by atoms with E-state index in [4.69, 9.17) is 9.47 Å². The van der Waals surface area contributed by atoms with E-state index in [0.29, 0.717) is 26.0 Å². The average molecular weight is 574 g/mol. The molecule has 0 saturated heterocycles. The standard InChI is InChI=1S/C25H24BrN3O6S/c1-28(18-12-13-21-22(15-18)35-16-34-21)24(30)20(14-17-8-4-3-5-9-17)27-25(31)29(2)36(32,33)23-11-7-6-10-19(23)26/h3-13,15,20H,14,16H2,1-2H3,(H,27,31)/t20-/m0/s1. The number of carbonyl (C=O) groups is 2. The number of halogens is 1. The highest BCUT2D eigenvalue weighted by Crippen LogP contribution is 2.35. The van der Waals surface area contributed by atoms with E-state index in [1.54, 1.807) is 43.4 Å². The third-order valence-corrected chi connectivity index (χ3v) is 8.47. The largest absolute Gasteiger partial charge is 0.454 e. The number of benzene rings is 3. The fourth-order valence-corrected chi connectivity index (χ4v) is 5.68. The summed E-state index contributed by atoms with van der Waals surface area (Å²) >= 11 is 3.22. The SMILES string of the molecule is CN(C(=O)[C@H](Cc1ccccc1)NC(=O)N(C)S(=O)(=O)c1ccccc1Br)c1ccc2c(c1)OCO2. The molecule has 0 spiro atoms. The van der Waals surface area contributed by atoms with Gasteiger partial charge in [-0.05, 0) is 45.8 Å². The van der Waals surface area contributed by atoms with Gasteiger partial charge in [-0.3, -0.25) is 4.79 Å². The number of sulfonamides is 1. The maximum absolute atomic E-state index is 13.5. The minimum Gasteiger partial charge on any atom is -0.454 e. The molecule has 3 aromatic carbocycles. The second-order valence-corrected chi connectivity index (χ2v) is 10.8. The molecule has 0 unspecified atom stereocenters. The summed E-state index contributed by atoms with van der Waals surface area (Å²) in [6, 6.07) is 18.4. The maximum atomic E-state index is 13.5. The molecule has 1 N–H and O–H groups in total. The Morgan fingerprint density at radius 3 is 2.36 bits per heavy atom. The third-order valence-electron chi connectivity index (χ3n) is 5.71. The number of hydrogen-bond donors (Lipinski definition) is 1. The van der Waals surface area contributed by atoms with Crippen LogP contribution in [0.3, 0.4) is 0 Å². The van der Waals surface area contributed by atoms with Crippen LogP contribution in [0.25, 0.3) is 0 Å². The van der Waals surface area contributed by atoms with Gasteiger partial charge in [0, 0.05) is 36.7 Å². The van der Waals surface area contributed by atoms with Crippen LogP contribution < -0.4 is 19.7 Å². The Morgan fingerprint density at radius 2 is 1.64 bits per heavy atom. The summed E-state index contributed by atoms with van der Waals surface area (Å²) in [7, 11) is -1.45. The van der Waals surface area contributed by atoms with Gasteiger partial charge in [-0.15, -0.1) is 0 Å². The Kier molecular flexibility index (Phi) is 7.51. The first-order valence-electron chi connectivity index (χ1n) is 10.9. The monoisotopic (exact) mass is 573 g/mol. The van der Waals surface area contributed by atoms with E-state index in [-0.39, 0.29) is 18.1 Å². The zero-order valence-electron chi connectivity index (χ0n) is 19.5. The Labute approximate surface area is 217 Å². The molecule has 0 bridgehead atoms. The molecule has 3 aromatic rings. The van der Waals surface area contributed by atoms with Gasteiger partial charge in [-0.2, -0.15) is 0 Å². The van der Waals surface area contributed by atoms with Crippen LogP contribution in [0, 0.1) is 0 Å². The number of likely N-dealkylation sites (N-methyl/N-ethyl adjacent to an activating group) is 1. The number of hydrogen-bond acceptors (Lipinski definition) is 6. The van der Waals surface area contributed by atoms with E-state index in [0.717, 1.165) is 12.6 Å². The Balaban J connectivity index is 1.59. The van der Waals surface area contributed by atoms with Crippen LogP contribution in [0.1, 0.15) is 5.56 Å². The first-order valence-corrected chi connectivity index (χ1v) is 13.2. The minimum atomic E-state index is -4.17.